The zero-order valence-corrected chi connectivity index (χ0v) is 11.1. The van der Waals surface area contributed by atoms with E-state index in [-0.39, 0.29) is 0 Å². The van der Waals surface area contributed by atoms with Crippen LogP contribution in [0.25, 0.3) is 22.2 Å². The summed E-state index contributed by atoms with van der Waals surface area (Å²) in [5.41, 5.74) is 3.47. The maximum atomic E-state index is 9.48. The molecule has 0 unspecified atom stereocenters. The van der Waals surface area contributed by atoms with E-state index in [9.17, 15) is 5.26 Å². The Bertz CT molecular complexity index is 809. The van der Waals surface area contributed by atoms with E-state index in [1.54, 1.807) is 0 Å². The second kappa shape index (κ2) is 4.46. The minimum Gasteiger partial charge on any atom is -0.342 e. The number of para-hydroxylation sites is 1. The molecule has 0 aliphatic heterocycles. The highest BCUT2D eigenvalue weighted by molar-refractivity contribution is 6.33. The number of hydrogen-bond donors (Lipinski definition) is 0. The summed E-state index contributed by atoms with van der Waals surface area (Å²) in [6.45, 7) is 0. The van der Waals surface area contributed by atoms with Crippen molar-refractivity contribution >= 4 is 22.5 Å². The van der Waals surface area contributed by atoms with Gasteiger partial charge in [0.25, 0.3) is 0 Å². The third-order valence-corrected chi connectivity index (χ3v) is 3.68. The number of nitrogens with zero attached hydrogens (tertiary/aromatic N) is 2. The monoisotopic (exact) mass is 266 g/mol. The summed E-state index contributed by atoms with van der Waals surface area (Å²) >= 11 is 6.26. The van der Waals surface area contributed by atoms with E-state index in [0.29, 0.717) is 10.6 Å². The first-order valence-electron chi connectivity index (χ1n) is 5.96. The zero-order valence-electron chi connectivity index (χ0n) is 10.4. The molecule has 2 nitrogen and oxygen atoms in total. The summed E-state index contributed by atoms with van der Waals surface area (Å²) in [6.07, 6.45) is 0. The van der Waals surface area contributed by atoms with Gasteiger partial charge in [-0.05, 0) is 12.1 Å². The predicted molar refractivity (Wildman–Crippen MR) is 78.1 cm³/mol. The molecule has 92 valence electrons. The summed E-state index contributed by atoms with van der Waals surface area (Å²) in [7, 11) is 1.96. The van der Waals surface area contributed by atoms with E-state index < -0.39 is 0 Å². The molecule has 0 atom stereocenters. The van der Waals surface area contributed by atoms with Crippen molar-refractivity contribution in [3.05, 3.63) is 59.1 Å². The third-order valence-electron chi connectivity index (χ3n) is 3.35. The van der Waals surface area contributed by atoms with Gasteiger partial charge in [0.15, 0.2) is 0 Å². The second-order valence-corrected chi connectivity index (χ2v) is 4.80. The molecule has 0 spiro atoms. The van der Waals surface area contributed by atoms with Crippen molar-refractivity contribution in [3.63, 3.8) is 0 Å². The molecule has 0 amide bonds. The molecule has 3 rings (SSSR count). The van der Waals surface area contributed by atoms with Crippen LogP contribution in [-0.2, 0) is 7.05 Å². The number of nitriles is 1. The standard InChI is InChI=1S/C16H11ClN2/c1-19-15-9-5-3-6-11(15)13(10-18)16(19)12-7-2-4-8-14(12)17/h2-9H,1H3. The number of halogens is 1. The van der Waals surface area contributed by atoms with Gasteiger partial charge in [-0.25, -0.2) is 0 Å². The van der Waals surface area contributed by atoms with Crippen LogP contribution >= 0.6 is 11.6 Å². The van der Waals surface area contributed by atoms with Crippen LogP contribution in [0.15, 0.2) is 48.5 Å². The minimum absolute atomic E-state index is 0.657. The van der Waals surface area contributed by atoms with Crippen LogP contribution in [0.3, 0.4) is 0 Å². The van der Waals surface area contributed by atoms with Crippen molar-refractivity contribution < 1.29 is 0 Å². The molecule has 3 heteroatoms. The van der Waals surface area contributed by atoms with Gasteiger partial charge in [0, 0.05) is 28.5 Å². The number of aryl methyl sites for hydroxylation is 1. The molecule has 3 aromatic rings. The highest BCUT2D eigenvalue weighted by atomic mass is 35.5. The lowest BCUT2D eigenvalue weighted by Gasteiger charge is -2.07. The molecule has 0 aliphatic carbocycles. The largest absolute Gasteiger partial charge is 0.342 e. The fraction of sp³-hybridized carbons (Fsp3) is 0.0625. The van der Waals surface area contributed by atoms with Gasteiger partial charge in [0.05, 0.1) is 11.3 Å². The molecule has 1 heterocycles. The van der Waals surface area contributed by atoms with Crippen LogP contribution in [0.4, 0.5) is 0 Å². The normalized spacial score (nSPS) is 10.6. The Kier molecular flexibility index (Phi) is 2.77. The molecule has 0 fully saturated rings. The molecule has 0 saturated heterocycles. The Labute approximate surface area is 116 Å². The van der Waals surface area contributed by atoms with Gasteiger partial charge < -0.3 is 4.57 Å². The lowest BCUT2D eigenvalue weighted by Crippen LogP contribution is -1.93. The molecule has 2 aromatic carbocycles. The Balaban J connectivity index is 2.46. The average Bonchev–Trinajstić information content (AvgIpc) is 2.73. The van der Waals surface area contributed by atoms with E-state index in [0.717, 1.165) is 22.2 Å². The van der Waals surface area contributed by atoms with Crippen LogP contribution in [-0.4, -0.2) is 4.57 Å². The number of rotatable bonds is 1. The van der Waals surface area contributed by atoms with Crippen molar-refractivity contribution in [2.45, 2.75) is 0 Å². The Morgan fingerprint density at radius 2 is 1.74 bits per heavy atom. The molecular formula is C16H11ClN2. The fourth-order valence-corrected chi connectivity index (χ4v) is 2.70. The second-order valence-electron chi connectivity index (χ2n) is 4.39. The highest BCUT2D eigenvalue weighted by Gasteiger charge is 2.17. The SMILES string of the molecule is Cn1c(-c2ccccc2Cl)c(C#N)c2ccccc21. The molecule has 0 N–H and O–H groups in total. The molecule has 1 aromatic heterocycles. The van der Waals surface area contributed by atoms with Gasteiger partial charge in [0.1, 0.15) is 6.07 Å². The number of aromatic nitrogens is 1. The van der Waals surface area contributed by atoms with E-state index in [2.05, 4.69) is 6.07 Å². The predicted octanol–water partition coefficient (Wildman–Crippen LogP) is 4.37. The first-order chi connectivity index (χ1) is 9.24. The molecule has 19 heavy (non-hydrogen) atoms. The van der Waals surface area contributed by atoms with E-state index in [1.165, 1.54) is 0 Å². The van der Waals surface area contributed by atoms with Gasteiger partial charge in [-0.2, -0.15) is 5.26 Å². The van der Waals surface area contributed by atoms with E-state index >= 15 is 0 Å². The van der Waals surface area contributed by atoms with Crippen molar-refractivity contribution in [2.75, 3.05) is 0 Å². The van der Waals surface area contributed by atoms with Crippen molar-refractivity contribution in [1.29, 1.82) is 5.26 Å². The van der Waals surface area contributed by atoms with E-state index in [4.69, 9.17) is 11.6 Å². The summed E-state index contributed by atoms with van der Waals surface area (Å²) in [5.74, 6) is 0. The molecule has 0 radical (unpaired) electrons. The average molecular weight is 267 g/mol. The Morgan fingerprint density at radius 3 is 2.47 bits per heavy atom. The first-order valence-corrected chi connectivity index (χ1v) is 6.34. The van der Waals surface area contributed by atoms with Crippen molar-refractivity contribution in [1.82, 2.24) is 4.57 Å². The Hall–Kier alpha value is -2.24. The summed E-state index contributed by atoms with van der Waals surface area (Å²) < 4.78 is 2.02. The van der Waals surface area contributed by atoms with Crippen molar-refractivity contribution in [2.24, 2.45) is 7.05 Å². The maximum Gasteiger partial charge on any atom is 0.102 e. The van der Waals surface area contributed by atoms with Gasteiger partial charge in [-0.15, -0.1) is 0 Å². The van der Waals surface area contributed by atoms with Crippen LogP contribution in [0, 0.1) is 11.3 Å². The van der Waals surface area contributed by atoms with E-state index in [1.807, 2.05) is 60.1 Å². The first kappa shape index (κ1) is 11.8. The van der Waals surface area contributed by atoms with Crippen LogP contribution < -0.4 is 0 Å². The van der Waals surface area contributed by atoms with Crippen LogP contribution in [0.1, 0.15) is 5.56 Å². The van der Waals surface area contributed by atoms with Gasteiger partial charge in [0.2, 0.25) is 0 Å². The number of fused-ring (bicyclic) bond motifs is 1. The Morgan fingerprint density at radius 1 is 1.05 bits per heavy atom. The lowest BCUT2D eigenvalue weighted by atomic mass is 10.1. The molecule has 0 aliphatic rings. The van der Waals surface area contributed by atoms with Gasteiger partial charge >= 0.3 is 0 Å². The number of hydrogen-bond acceptors (Lipinski definition) is 1. The van der Waals surface area contributed by atoms with Gasteiger partial charge in [-0.3, -0.25) is 0 Å². The molecule has 0 bridgehead atoms. The van der Waals surface area contributed by atoms with Gasteiger partial charge in [-0.1, -0.05) is 48.0 Å². The van der Waals surface area contributed by atoms with Crippen molar-refractivity contribution in [3.8, 4) is 17.3 Å². The smallest absolute Gasteiger partial charge is 0.102 e. The van der Waals surface area contributed by atoms with Crippen LogP contribution in [0.5, 0.6) is 0 Å². The minimum atomic E-state index is 0.657. The maximum absolute atomic E-state index is 9.48. The highest BCUT2D eigenvalue weighted by Crippen LogP contribution is 2.35. The topological polar surface area (TPSA) is 28.7 Å². The lowest BCUT2D eigenvalue weighted by molar-refractivity contribution is 0.976. The fourth-order valence-electron chi connectivity index (χ4n) is 2.48. The molecular weight excluding hydrogens is 256 g/mol. The third kappa shape index (κ3) is 1.71. The zero-order chi connectivity index (χ0) is 13.4. The summed E-state index contributed by atoms with van der Waals surface area (Å²) in [4.78, 5) is 0. The quantitative estimate of drug-likeness (QED) is 0.643. The van der Waals surface area contributed by atoms with Crippen LogP contribution in [0.2, 0.25) is 5.02 Å². The summed E-state index contributed by atoms with van der Waals surface area (Å²) in [5, 5.41) is 11.1. The number of benzene rings is 2. The molecule has 0 saturated carbocycles. The summed E-state index contributed by atoms with van der Waals surface area (Å²) in [6, 6.07) is 17.8.